The second-order valence-electron chi connectivity index (χ2n) is 6.78. The van der Waals surface area contributed by atoms with Crippen molar-refractivity contribution >= 4 is 23.3 Å². The number of carbonyl (C=O) groups excluding carboxylic acids is 2. The molecule has 1 N–H and O–H groups in total. The highest BCUT2D eigenvalue weighted by Crippen LogP contribution is 2.38. The molecule has 3 rings (SSSR count). The Morgan fingerprint density at radius 2 is 1.69 bits per heavy atom. The van der Waals surface area contributed by atoms with Crippen molar-refractivity contribution in [2.24, 2.45) is 0 Å². The van der Waals surface area contributed by atoms with E-state index in [0.717, 1.165) is 5.56 Å². The number of nitrogens with zero attached hydrogens (tertiary/aromatic N) is 1. The van der Waals surface area contributed by atoms with Gasteiger partial charge in [-0.3, -0.25) is 14.5 Å². The Hall–Kier alpha value is -3.15. The summed E-state index contributed by atoms with van der Waals surface area (Å²) in [7, 11) is 0. The number of anilines is 1. The number of fused-ring (bicyclic) bond motifs is 1. The molecular weight excluding hydrogens is 334 g/mol. The fourth-order valence-electron chi connectivity index (χ4n) is 2.84. The van der Waals surface area contributed by atoms with E-state index >= 15 is 0 Å². The van der Waals surface area contributed by atoms with Crippen LogP contribution in [0.2, 0.25) is 0 Å². The molecular formula is C20H19NO5. The molecule has 0 bridgehead atoms. The third-order valence-corrected chi connectivity index (χ3v) is 4.30. The van der Waals surface area contributed by atoms with Crippen LogP contribution in [0.25, 0.3) is 0 Å². The third kappa shape index (κ3) is 3.18. The first-order valence-corrected chi connectivity index (χ1v) is 8.17. The van der Waals surface area contributed by atoms with Gasteiger partial charge in [-0.15, -0.1) is 0 Å². The summed E-state index contributed by atoms with van der Waals surface area (Å²) in [5, 5.41) is 9.16. The van der Waals surface area contributed by atoms with E-state index in [1.165, 1.54) is 23.1 Å². The molecule has 1 heterocycles. The normalized spacial score (nSPS) is 15.2. The van der Waals surface area contributed by atoms with Crippen LogP contribution in [0, 0.1) is 6.92 Å². The van der Waals surface area contributed by atoms with Gasteiger partial charge in [-0.1, -0.05) is 29.8 Å². The SMILES string of the molecule is Cc1ccc(C(=O)CN2C(=O)C(C)(C)Oc3cc(C(=O)O)ccc32)cc1. The number of hydrogen-bond donors (Lipinski definition) is 1. The fourth-order valence-corrected chi connectivity index (χ4v) is 2.84. The van der Waals surface area contributed by atoms with Crippen LogP contribution in [0.3, 0.4) is 0 Å². The Morgan fingerprint density at radius 1 is 1.08 bits per heavy atom. The van der Waals surface area contributed by atoms with Gasteiger partial charge in [0.05, 0.1) is 17.8 Å². The summed E-state index contributed by atoms with van der Waals surface area (Å²) in [6, 6.07) is 11.4. The quantitative estimate of drug-likeness (QED) is 0.854. The van der Waals surface area contributed by atoms with E-state index in [2.05, 4.69) is 0 Å². The molecule has 0 unspecified atom stereocenters. The number of carboxylic acids is 1. The number of benzene rings is 2. The van der Waals surface area contributed by atoms with Crippen molar-refractivity contribution in [2.45, 2.75) is 26.4 Å². The van der Waals surface area contributed by atoms with Crippen LogP contribution in [0.4, 0.5) is 5.69 Å². The highest BCUT2D eigenvalue weighted by molar-refractivity contribution is 6.09. The Labute approximate surface area is 151 Å². The van der Waals surface area contributed by atoms with Crippen LogP contribution >= 0.6 is 0 Å². The third-order valence-electron chi connectivity index (χ3n) is 4.30. The summed E-state index contributed by atoms with van der Waals surface area (Å²) in [5.74, 6) is -1.38. The molecule has 0 fully saturated rings. The maximum Gasteiger partial charge on any atom is 0.335 e. The first-order valence-electron chi connectivity index (χ1n) is 8.17. The molecule has 0 saturated carbocycles. The molecule has 2 aromatic carbocycles. The van der Waals surface area contributed by atoms with E-state index in [4.69, 9.17) is 9.84 Å². The zero-order valence-corrected chi connectivity index (χ0v) is 14.8. The van der Waals surface area contributed by atoms with Gasteiger partial charge in [-0.05, 0) is 39.0 Å². The first kappa shape index (κ1) is 17.7. The number of carbonyl (C=O) groups is 3. The molecule has 6 nitrogen and oxygen atoms in total. The van der Waals surface area contributed by atoms with Crippen molar-refractivity contribution in [1.29, 1.82) is 0 Å². The highest BCUT2D eigenvalue weighted by atomic mass is 16.5. The molecule has 0 spiro atoms. The molecule has 0 aliphatic carbocycles. The lowest BCUT2D eigenvalue weighted by Gasteiger charge is -2.38. The van der Waals surface area contributed by atoms with Gasteiger partial charge in [0.25, 0.3) is 5.91 Å². The van der Waals surface area contributed by atoms with Crippen molar-refractivity contribution in [2.75, 3.05) is 11.4 Å². The van der Waals surface area contributed by atoms with Gasteiger partial charge >= 0.3 is 5.97 Å². The number of carboxylic acid groups (broad SMARTS) is 1. The summed E-state index contributed by atoms with van der Waals surface area (Å²) < 4.78 is 5.69. The smallest absolute Gasteiger partial charge is 0.335 e. The predicted molar refractivity (Wildman–Crippen MR) is 96.0 cm³/mol. The van der Waals surface area contributed by atoms with Crippen LogP contribution in [0.15, 0.2) is 42.5 Å². The van der Waals surface area contributed by atoms with E-state index in [0.29, 0.717) is 11.3 Å². The van der Waals surface area contributed by atoms with E-state index in [-0.39, 0.29) is 29.5 Å². The minimum absolute atomic E-state index is 0.0544. The number of ketones is 1. The Morgan fingerprint density at radius 3 is 2.31 bits per heavy atom. The Bertz CT molecular complexity index is 899. The number of aryl methyl sites for hydroxylation is 1. The zero-order valence-electron chi connectivity index (χ0n) is 14.8. The molecule has 1 aliphatic heterocycles. The molecule has 0 aromatic heterocycles. The van der Waals surface area contributed by atoms with E-state index in [1.807, 2.05) is 19.1 Å². The number of aromatic carboxylic acids is 1. The molecule has 0 radical (unpaired) electrons. The summed E-state index contributed by atoms with van der Waals surface area (Å²) in [4.78, 5) is 38.0. The molecule has 0 atom stereocenters. The topological polar surface area (TPSA) is 83.9 Å². The van der Waals surface area contributed by atoms with Crippen LogP contribution < -0.4 is 9.64 Å². The van der Waals surface area contributed by atoms with Gasteiger partial charge in [0.15, 0.2) is 11.4 Å². The summed E-state index contributed by atoms with van der Waals surface area (Å²) in [6.07, 6.45) is 0. The minimum Gasteiger partial charge on any atom is -0.478 e. The van der Waals surface area contributed by atoms with Gasteiger partial charge in [0, 0.05) is 5.56 Å². The average molecular weight is 353 g/mol. The lowest BCUT2D eigenvalue weighted by atomic mass is 10.0. The van der Waals surface area contributed by atoms with Crippen LogP contribution in [0.5, 0.6) is 5.75 Å². The molecule has 6 heteroatoms. The largest absolute Gasteiger partial charge is 0.478 e. The van der Waals surface area contributed by atoms with Crippen molar-refractivity contribution in [3.63, 3.8) is 0 Å². The number of Topliss-reactive ketones (excluding diaryl/α,β-unsaturated/α-hetero) is 1. The summed E-state index contributed by atoms with van der Waals surface area (Å²) in [5.41, 5.74) is 0.795. The second-order valence-corrected chi connectivity index (χ2v) is 6.78. The highest BCUT2D eigenvalue weighted by Gasteiger charge is 2.41. The lowest BCUT2D eigenvalue weighted by molar-refractivity contribution is -0.132. The van der Waals surface area contributed by atoms with Crippen molar-refractivity contribution in [3.8, 4) is 5.75 Å². The van der Waals surface area contributed by atoms with Crippen LogP contribution in [-0.2, 0) is 4.79 Å². The van der Waals surface area contributed by atoms with Crippen molar-refractivity contribution < 1.29 is 24.2 Å². The van der Waals surface area contributed by atoms with Gasteiger partial charge in [0.1, 0.15) is 5.75 Å². The molecule has 1 amide bonds. The van der Waals surface area contributed by atoms with Crippen molar-refractivity contribution in [1.82, 2.24) is 0 Å². The average Bonchev–Trinajstić information content (AvgIpc) is 2.58. The summed E-state index contributed by atoms with van der Waals surface area (Å²) >= 11 is 0. The summed E-state index contributed by atoms with van der Waals surface area (Å²) in [6.45, 7) is 4.97. The molecule has 2 aromatic rings. The maximum absolute atomic E-state index is 12.8. The van der Waals surface area contributed by atoms with Gasteiger partial charge in [-0.25, -0.2) is 4.79 Å². The molecule has 26 heavy (non-hydrogen) atoms. The number of ether oxygens (including phenoxy) is 1. The molecule has 1 aliphatic rings. The van der Waals surface area contributed by atoms with Crippen molar-refractivity contribution in [3.05, 3.63) is 59.2 Å². The van der Waals surface area contributed by atoms with E-state index in [9.17, 15) is 14.4 Å². The van der Waals surface area contributed by atoms with Gasteiger partial charge < -0.3 is 9.84 Å². The predicted octanol–water partition coefficient (Wildman–Crippen LogP) is 3.08. The maximum atomic E-state index is 12.8. The van der Waals surface area contributed by atoms with Gasteiger partial charge in [0.2, 0.25) is 0 Å². The number of amides is 1. The van der Waals surface area contributed by atoms with Gasteiger partial charge in [-0.2, -0.15) is 0 Å². The van der Waals surface area contributed by atoms with Crippen LogP contribution in [-0.4, -0.2) is 34.9 Å². The standard InChI is InChI=1S/C20H19NO5/c1-12-4-6-13(7-5-12)16(22)11-21-15-9-8-14(18(23)24)10-17(15)26-20(2,3)19(21)25/h4-10H,11H2,1-3H3,(H,23,24). The first-order chi connectivity index (χ1) is 12.2. The monoisotopic (exact) mass is 353 g/mol. The van der Waals surface area contributed by atoms with E-state index in [1.54, 1.807) is 26.0 Å². The lowest BCUT2D eigenvalue weighted by Crippen LogP contribution is -2.53. The Balaban J connectivity index is 1.98. The molecule has 0 saturated heterocycles. The zero-order chi connectivity index (χ0) is 19.1. The number of hydrogen-bond acceptors (Lipinski definition) is 4. The minimum atomic E-state index is -1.20. The second kappa shape index (κ2) is 6.29. The molecule has 134 valence electrons. The van der Waals surface area contributed by atoms with E-state index < -0.39 is 11.6 Å². The fraction of sp³-hybridized carbons (Fsp3) is 0.250. The number of rotatable bonds is 4. The van der Waals surface area contributed by atoms with Crippen LogP contribution in [0.1, 0.15) is 40.1 Å². The Kier molecular flexibility index (Phi) is 4.28.